The number of rotatable bonds is 1. The van der Waals surface area contributed by atoms with E-state index in [9.17, 15) is 4.79 Å². The summed E-state index contributed by atoms with van der Waals surface area (Å²) in [5.74, 6) is 0.910. The molecule has 4 nitrogen and oxygen atoms in total. The van der Waals surface area contributed by atoms with Crippen molar-refractivity contribution in [2.24, 2.45) is 5.92 Å². The van der Waals surface area contributed by atoms with Crippen molar-refractivity contribution in [3.05, 3.63) is 0 Å². The fraction of sp³-hybridized carbons (Fsp3) is 0.923. The highest BCUT2D eigenvalue weighted by Gasteiger charge is 2.38. The minimum Gasteiger partial charge on any atom is -0.379 e. The van der Waals surface area contributed by atoms with Gasteiger partial charge in [0.25, 0.3) is 0 Å². The highest BCUT2D eigenvalue weighted by molar-refractivity contribution is 5.82. The van der Waals surface area contributed by atoms with Crippen LogP contribution in [0.25, 0.3) is 0 Å². The standard InChI is InChI=1S/C13H22N2O2/c16-13(11-4-2-6-14-11)15-7-8-17-9-10-3-1-5-12(10)15/h10-12,14H,1-9H2/t10-,11+,12-/m1/s1. The van der Waals surface area contributed by atoms with E-state index >= 15 is 0 Å². The number of hydrogen-bond donors (Lipinski definition) is 1. The van der Waals surface area contributed by atoms with Crippen molar-refractivity contribution >= 4 is 5.91 Å². The summed E-state index contributed by atoms with van der Waals surface area (Å²) in [6, 6.07) is 0.529. The predicted molar refractivity (Wildman–Crippen MR) is 64.7 cm³/mol. The lowest BCUT2D eigenvalue weighted by molar-refractivity contribution is -0.135. The summed E-state index contributed by atoms with van der Waals surface area (Å²) in [5, 5.41) is 3.32. The molecule has 1 N–H and O–H groups in total. The lowest BCUT2D eigenvalue weighted by atomic mass is 10.0. The van der Waals surface area contributed by atoms with E-state index in [4.69, 9.17) is 4.74 Å². The molecule has 1 saturated carbocycles. The zero-order chi connectivity index (χ0) is 11.7. The molecule has 3 aliphatic rings. The number of nitrogens with one attached hydrogen (secondary N) is 1. The predicted octanol–water partition coefficient (Wildman–Crippen LogP) is 0.766. The van der Waals surface area contributed by atoms with Crippen molar-refractivity contribution in [1.82, 2.24) is 10.2 Å². The van der Waals surface area contributed by atoms with E-state index in [1.165, 1.54) is 19.3 Å². The molecule has 96 valence electrons. The number of amides is 1. The summed E-state index contributed by atoms with van der Waals surface area (Å²) in [4.78, 5) is 14.6. The Morgan fingerprint density at radius 3 is 3.00 bits per heavy atom. The second-order valence-corrected chi connectivity index (χ2v) is 5.51. The van der Waals surface area contributed by atoms with Crippen LogP contribution in [-0.4, -0.2) is 49.2 Å². The lowest BCUT2D eigenvalue weighted by Gasteiger charge is -2.32. The van der Waals surface area contributed by atoms with Gasteiger partial charge in [-0.05, 0) is 32.2 Å². The van der Waals surface area contributed by atoms with Crippen molar-refractivity contribution in [2.45, 2.75) is 44.2 Å². The zero-order valence-electron chi connectivity index (χ0n) is 10.4. The first kappa shape index (κ1) is 11.5. The maximum Gasteiger partial charge on any atom is 0.240 e. The van der Waals surface area contributed by atoms with E-state index < -0.39 is 0 Å². The third-order valence-corrected chi connectivity index (χ3v) is 4.47. The summed E-state index contributed by atoms with van der Waals surface area (Å²) in [7, 11) is 0. The van der Waals surface area contributed by atoms with E-state index in [2.05, 4.69) is 10.2 Å². The largest absolute Gasteiger partial charge is 0.379 e. The van der Waals surface area contributed by atoms with Gasteiger partial charge in [0.2, 0.25) is 5.91 Å². The van der Waals surface area contributed by atoms with Crippen LogP contribution in [0.4, 0.5) is 0 Å². The van der Waals surface area contributed by atoms with E-state index in [0.717, 1.165) is 32.5 Å². The van der Waals surface area contributed by atoms with Crippen LogP contribution in [0, 0.1) is 5.92 Å². The average molecular weight is 238 g/mol. The quantitative estimate of drug-likeness (QED) is 0.733. The molecule has 0 aromatic rings. The van der Waals surface area contributed by atoms with Gasteiger partial charge in [0.1, 0.15) is 0 Å². The van der Waals surface area contributed by atoms with Crippen LogP contribution in [0.1, 0.15) is 32.1 Å². The Hall–Kier alpha value is -0.610. The Morgan fingerprint density at radius 1 is 1.24 bits per heavy atom. The van der Waals surface area contributed by atoms with Crippen LogP contribution in [0.3, 0.4) is 0 Å². The van der Waals surface area contributed by atoms with Gasteiger partial charge < -0.3 is 15.0 Å². The molecule has 1 aliphatic carbocycles. The van der Waals surface area contributed by atoms with Crippen molar-refractivity contribution in [2.75, 3.05) is 26.3 Å². The third-order valence-electron chi connectivity index (χ3n) is 4.47. The molecule has 1 amide bonds. The topological polar surface area (TPSA) is 41.6 Å². The van der Waals surface area contributed by atoms with Crippen LogP contribution >= 0.6 is 0 Å². The Labute approximate surface area is 103 Å². The van der Waals surface area contributed by atoms with Gasteiger partial charge in [-0.25, -0.2) is 0 Å². The molecule has 17 heavy (non-hydrogen) atoms. The molecule has 3 atom stereocenters. The summed E-state index contributed by atoms with van der Waals surface area (Å²) in [6.45, 7) is 3.35. The lowest BCUT2D eigenvalue weighted by Crippen LogP contribution is -2.49. The van der Waals surface area contributed by atoms with E-state index in [-0.39, 0.29) is 6.04 Å². The van der Waals surface area contributed by atoms with Gasteiger partial charge in [-0.2, -0.15) is 0 Å². The highest BCUT2D eigenvalue weighted by Crippen LogP contribution is 2.32. The smallest absolute Gasteiger partial charge is 0.240 e. The van der Waals surface area contributed by atoms with Crippen LogP contribution < -0.4 is 5.32 Å². The van der Waals surface area contributed by atoms with Gasteiger partial charge in [0.15, 0.2) is 0 Å². The molecule has 2 saturated heterocycles. The number of ether oxygens (including phenoxy) is 1. The molecule has 0 aromatic heterocycles. The highest BCUT2D eigenvalue weighted by atomic mass is 16.5. The van der Waals surface area contributed by atoms with Crippen molar-refractivity contribution in [3.63, 3.8) is 0 Å². The fourth-order valence-electron chi connectivity index (χ4n) is 3.55. The van der Waals surface area contributed by atoms with Crippen molar-refractivity contribution < 1.29 is 9.53 Å². The van der Waals surface area contributed by atoms with Crippen LogP contribution in [0.5, 0.6) is 0 Å². The monoisotopic (exact) mass is 238 g/mol. The molecule has 0 radical (unpaired) electrons. The van der Waals surface area contributed by atoms with Gasteiger partial charge in [0.05, 0.1) is 19.3 Å². The molecule has 3 fully saturated rings. The SMILES string of the molecule is O=C([C@@H]1CCCN1)N1CCOC[C@H]2CCC[C@H]21. The number of carbonyl (C=O) groups is 1. The Balaban J connectivity index is 1.72. The second kappa shape index (κ2) is 4.94. The Kier molecular flexibility index (Phi) is 3.34. The number of fused-ring (bicyclic) bond motifs is 1. The number of carbonyl (C=O) groups excluding carboxylic acids is 1. The first-order valence-electron chi connectivity index (χ1n) is 6.98. The van der Waals surface area contributed by atoms with Crippen LogP contribution in [0.2, 0.25) is 0 Å². The summed E-state index contributed by atoms with van der Waals surface area (Å²) in [5.41, 5.74) is 0. The molecule has 0 spiro atoms. The normalized spacial score (nSPS) is 37.9. The van der Waals surface area contributed by atoms with Crippen LogP contribution in [-0.2, 0) is 9.53 Å². The molecular weight excluding hydrogens is 216 g/mol. The summed E-state index contributed by atoms with van der Waals surface area (Å²) in [6.07, 6.45) is 5.79. The maximum atomic E-state index is 12.5. The second-order valence-electron chi connectivity index (χ2n) is 5.51. The minimum absolute atomic E-state index is 0.0781. The van der Waals surface area contributed by atoms with Gasteiger partial charge >= 0.3 is 0 Å². The molecule has 2 aliphatic heterocycles. The molecule has 3 rings (SSSR count). The van der Waals surface area contributed by atoms with Gasteiger partial charge in [0, 0.05) is 18.5 Å². The Morgan fingerprint density at radius 2 is 2.18 bits per heavy atom. The van der Waals surface area contributed by atoms with E-state index in [1.807, 2.05) is 0 Å². The fourth-order valence-corrected chi connectivity index (χ4v) is 3.55. The molecule has 0 unspecified atom stereocenters. The third kappa shape index (κ3) is 2.20. The first-order valence-corrected chi connectivity index (χ1v) is 6.98. The first-order chi connectivity index (χ1) is 8.36. The van der Waals surface area contributed by atoms with Gasteiger partial charge in [-0.3, -0.25) is 4.79 Å². The summed E-state index contributed by atoms with van der Waals surface area (Å²) < 4.78 is 5.64. The van der Waals surface area contributed by atoms with Gasteiger partial charge in [-0.1, -0.05) is 6.42 Å². The molecule has 4 heteroatoms. The van der Waals surface area contributed by atoms with E-state index in [0.29, 0.717) is 24.5 Å². The van der Waals surface area contributed by atoms with Gasteiger partial charge in [-0.15, -0.1) is 0 Å². The average Bonchev–Trinajstić information content (AvgIpc) is 2.97. The molecule has 2 heterocycles. The maximum absolute atomic E-state index is 12.5. The van der Waals surface area contributed by atoms with E-state index in [1.54, 1.807) is 0 Å². The van der Waals surface area contributed by atoms with Crippen molar-refractivity contribution in [1.29, 1.82) is 0 Å². The minimum atomic E-state index is 0.0781. The molecule has 0 aromatic carbocycles. The summed E-state index contributed by atoms with van der Waals surface area (Å²) >= 11 is 0. The molecule has 0 bridgehead atoms. The Bertz CT molecular complexity index is 289. The number of nitrogens with zero attached hydrogens (tertiary/aromatic N) is 1. The molecular formula is C13H22N2O2. The zero-order valence-corrected chi connectivity index (χ0v) is 10.4. The van der Waals surface area contributed by atoms with Crippen LogP contribution in [0.15, 0.2) is 0 Å². The number of hydrogen-bond acceptors (Lipinski definition) is 3. The van der Waals surface area contributed by atoms with Crippen molar-refractivity contribution in [3.8, 4) is 0 Å².